The van der Waals surface area contributed by atoms with Gasteiger partial charge in [-0.15, -0.1) is 0 Å². The second-order valence-corrected chi connectivity index (χ2v) is 35.6. The van der Waals surface area contributed by atoms with Crippen LogP contribution >= 0.6 is 0 Å². The zero-order chi connectivity index (χ0) is 96.7. The summed E-state index contributed by atoms with van der Waals surface area (Å²) >= 11 is 0. The molecule has 3 saturated heterocycles. The molecule has 4 amide bonds. The molecule has 0 radical (unpaired) electrons. The van der Waals surface area contributed by atoms with E-state index in [0.29, 0.717) is 143 Å². The van der Waals surface area contributed by atoms with E-state index in [1.165, 1.54) is 20.8 Å². The third kappa shape index (κ3) is 53.7. The molecule has 0 spiro atoms. The molecule has 16 atom stereocenters. The Balaban J connectivity index is 0.00000158. The van der Waals surface area contributed by atoms with Gasteiger partial charge in [0.25, 0.3) is 0 Å². The van der Waals surface area contributed by atoms with E-state index in [1.807, 2.05) is 58.0 Å². The first-order valence-corrected chi connectivity index (χ1v) is 47.5. The maximum atomic E-state index is 14.0. The number of carbonyl (C=O) groups excluding carboxylic acids is 8. The number of aliphatic carboxylic acids is 1. The standard InChI is InChI=1S/C77H137N3O27.C18H30N2O4/c1-54-57(4)67(48-102-63(10)81)105-74(60(54)7)99-44-41-93-38-35-90-32-26-78-70(85)23-29-96-51-77(47-66(84)21-19-17-15-13-14-16-18-20-22-73(88)89,52-97-30-24-71(86)79-27-33-91-36-39-94-42-45-100-75-61(8)55(2)58(5)68(106-75)49-103-64(11)82)53-98-31-25-72(87)80-28-34-92-37-40-95-43-46-101-76-62(9)56(3)59(6)69(107-76)50-104-65(12)83;1-17(2,3)18(4,23-12-10-19)24-13-11-20-16(21)22-14-15-8-6-5-7-9-15/h54-62,67-69,74-76H,13-53H2,1-12H3,(H,78,85)(H,79,86)(H,80,87)(H,88,89);5-9H,10-14,19H2,1-4H3,(H,20,21). The van der Waals surface area contributed by atoms with Gasteiger partial charge in [-0.2, -0.15) is 0 Å². The number of hydrogen-bond acceptors (Lipinski definition) is 31. The van der Waals surface area contributed by atoms with Gasteiger partial charge < -0.3 is 132 Å². The van der Waals surface area contributed by atoms with Gasteiger partial charge in [0.2, 0.25) is 17.7 Å². The Kier molecular flexibility index (Phi) is 63.9. The van der Waals surface area contributed by atoms with Crippen molar-refractivity contribution in [3.63, 3.8) is 0 Å². The second-order valence-electron chi connectivity index (χ2n) is 35.6. The number of unbranched alkanes of at least 4 members (excludes halogenated alkanes) is 7. The highest BCUT2D eigenvalue weighted by Crippen LogP contribution is 2.39. The highest BCUT2D eigenvalue weighted by Gasteiger charge is 2.44. The van der Waals surface area contributed by atoms with Crippen molar-refractivity contribution in [3.05, 3.63) is 35.9 Å². The van der Waals surface area contributed by atoms with Crippen molar-refractivity contribution in [3.8, 4) is 0 Å². The van der Waals surface area contributed by atoms with Gasteiger partial charge in [0, 0.05) is 121 Å². The van der Waals surface area contributed by atoms with Crippen LogP contribution in [0.25, 0.3) is 0 Å². The lowest BCUT2D eigenvalue weighted by molar-refractivity contribution is -0.275. The molecular formula is C95H167N5O31. The molecule has 4 rings (SSSR count). The molecule has 36 nitrogen and oxygen atoms in total. The van der Waals surface area contributed by atoms with Crippen LogP contribution in [0.2, 0.25) is 0 Å². The second kappa shape index (κ2) is 70.4. The van der Waals surface area contributed by atoms with E-state index in [1.54, 1.807) is 0 Å². The summed E-state index contributed by atoms with van der Waals surface area (Å²) in [4.78, 5) is 110. The Morgan fingerprint density at radius 3 is 1.04 bits per heavy atom. The summed E-state index contributed by atoms with van der Waals surface area (Å²) < 4.78 is 122. The molecule has 1 aromatic carbocycles. The maximum Gasteiger partial charge on any atom is 0.407 e. The number of nitrogens with one attached hydrogen (secondary N) is 4. The zero-order valence-electron chi connectivity index (χ0n) is 81.8. The number of carboxylic acid groups (broad SMARTS) is 1. The minimum absolute atomic E-state index is 0.00196. The van der Waals surface area contributed by atoms with E-state index < -0.39 is 42.1 Å². The summed E-state index contributed by atoms with van der Waals surface area (Å²) in [6, 6.07) is 9.53. The molecule has 3 aliphatic heterocycles. The molecule has 3 fully saturated rings. The third-order valence-electron chi connectivity index (χ3n) is 24.3. The first kappa shape index (κ1) is 119. The third-order valence-corrected chi connectivity index (χ3v) is 24.3. The molecule has 0 aromatic heterocycles. The van der Waals surface area contributed by atoms with Crippen LogP contribution in [0.4, 0.5) is 4.79 Å². The minimum Gasteiger partial charge on any atom is -0.481 e. The van der Waals surface area contributed by atoms with Crippen molar-refractivity contribution in [2.75, 3.05) is 205 Å². The Morgan fingerprint density at radius 2 is 0.695 bits per heavy atom. The number of carbonyl (C=O) groups is 9. The van der Waals surface area contributed by atoms with E-state index >= 15 is 0 Å². The molecule has 0 bridgehead atoms. The van der Waals surface area contributed by atoms with E-state index in [4.69, 9.17) is 110 Å². The lowest BCUT2D eigenvalue weighted by Gasteiger charge is -2.43. The van der Waals surface area contributed by atoms with Crippen LogP contribution < -0.4 is 27.0 Å². The fraction of sp³-hybridized carbons (Fsp3) is 0.842. The SMILES string of the molecule is CC(=O)OCC1OC(OCCOCCOCCNC(=O)CCOCC(COCCC(=O)NCCOCCOCCOC2OC(COC(C)=O)C(C)C(C)C2C)(COCCC(=O)NCCOCCOCCOC2OC(COC(C)=O)C(C)C(C)C2C)CC(=O)CCCCCCCCCCC(=O)O)C(C)C(C)C1C.CC(C)(C)C(C)(OCCN)OCCNC(=O)OCc1ccccc1. The molecule has 758 valence electrons. The normalized spacial score (nSPS) is 23.0. The van der Waals surface area contributed by atoms with E-state index in [2.05, 4.69) is 83.6 Å². The van der Waals surface area contributed by atoms with Crippen molar-refractivity contribution in [1.82, 2.24) is 21.3 Å². The monoisotopic (exact) mass is 1870 g/mol. The number of ketones is 1. The molecule has 0 aliphatic carbocycles. The van der Waals surface area contributed by atoms with Gasteiger partial charge in [0.15, 0.2) is 24.7 Å². The molecule has 36 heteroatoms. The number of ether oxygens (including phenoxy) is 21. The summed E-state index contributed by atoms with van der Waals surface area (Å²) in [5.74, 6) is -1.65. The van der Waals surface area contributed by atoms with Crippen molar-refractivity contribution in [1.29, 1.82) is 0 Å². The first-order chi connectivity index (χ1) is 62.6. The Bertz CT molecular complexity index is 3020. The van der Waals surface area contributed by atoms with Crippen LogP contribution in [0.3, 0.4) is 0 Å². The molecule has 0 saturated carbocycles. The number of rotatable bonds is 73. The number of alkyl carbamates (subject to hydrolysis) is 1. The number of Topliss-reactive ketones (excluding diaryl/α,β-unsaturated/α-hetero) is 1. The molecule has 3 heterocycles. The Morgan fingerprint density at radius 1 is 0.366 bits per heavy atom. The average Bonchev–Trinajstić information content (AvgIpc) is 0.506. The van der Waals surface area contributed by atoms with Gasteiger partial charge in [-0.05, 0) is 60.8 Å². The predicted molar refractivity (Wildman–Crippen MR) is 486 cm³/mol. The van der Waals surface area contributed by atoms with Crippen molar-refractivity contribution in [2.45, 2.75) is 250 Å². The first-order valence-electron chi connectivity index (χ1n) is 47.5. The summed E-state index contributed by atoms with van der Waals surface area (Å²) in [7, 11) is 0. The van der Waals surface area contributed by atoms with Crippen molar-refractivity contribution >= 4 is 53.5 Å². The van der Waals surface area contributed by atoms with Crippen LogP contribution in [0.5, 0.6) is 0 Å². The van der Waals surface area contributed by atoms with Crippen molar-refractivity contribution in [2.24, 2.45) is 69.8 Å². The summed E-state index contributed by atoms with van der Waals surface area (Å²) in [6.07, 6.45) is 4.71. The topological polar surface area (TPSA) is 442 Å². The van der Waals surface area contributed by atoms with Gasteiger partial charge in [-0.25, -0.2) is 4.79 Å². The number of carboxylic acids is 1. The fourth-order valence-corrected chi connectivity index (χ4v) is 14.6. The van der Waals surface area contributed by atoms with Gasteiger partial charge >= 0.3 is 30.0 Å². The number of esters is 3. The number of benzene rings is 1. The molecule has 7 N–H and O–H groups in total. The number of nitrogens with two attached hydrogens (primary N) is 1. The lowest BCUT2D eigenvalue weighted by atomic mass is 9.79. The summed E-state index contributed by atoms with van der Waals surface area (Å²) in [6.45, 7) is 38.3. The highest BCUT2D eigenvalue weighted by atomic mass is 16.7. The zero-order valence-corrected chi connectivity index (χ0v) is 81.8. The quantitative estimate of drug-likeness (QED) is 0.0153. The number of amides is 4. The lowest BCUT2D eigenvalue weighted by Crippen LogP contribution is -2.48. The molecule has 131 heavy (non-hydrogen) atoms. The van der Waals surface area contributed by atoms with Gasteiger partial charge in [-0.1, -0.05) is 152 Å². The van der Waals surface area contributed by atoms with Crippen LogP contribution in [-0.2, 0) is 144 Å². The predicted octanol–water partition coefficient (Wildman–Crippen LogP) is 9.89. The van der Waals surface area contributed by atoms with E-state index in [0.717, 1.165) is 44.1 Å². The largest absolute Gasteiger partial charge is 0.481 e. The molecule has 3 aliphatic rings. The fourth-order valence-electron chi connectivity index (χ4n) is 14.6. The minimum atomic E-state index is -1.07. The van der Waals surface area contributed by atoms with E-state index in [-0.39, 0.29) is 238 Å². The number of hydrogen-bond donors (Lipinski definition) is 6. The molecular weight excluding hydrogens is 1710 g/mol. The summed E-state index contributed by atoms with van der Waals surface area (Å²) in [5, 5.41) is 20.2. The van der Waals surface area contributed by atoms with Crippen molar-refractivity contribution < 1.29 is 148 Å². The van der Waals surface area contributed by atoms with Crippen LogP contribution in [0.15, 0.2) is 30.3 Å². The average molecular weight is 1880 g/mol. The van der Waals surface area contributed by atoms with Gasteiger partial charge in [0.05, 0.1) is 170 Å². The summed E-state index contributed by atoms with van der Waals surface area (Å²) in [5.41, 5.74) is 5.15. The molecule has 16 unspecified atom stereocenters. The van der Waals surface area contributed by atoms with Gasteiger partial charge in [-0.3, -0.25) is 38.4 Å². The highest BCUT2D eigenvalue weighted by molar-refractivity contribution is 5.79. The van der Waals surface area contributed by atoms with Gasteiger partial charge in [0.1, 0.15) is 32.2 Å². The van der Waals surface area contributed by atoms with Crippen LogP contribution in [-0.4, -0.2) is 306 Å². The van der Waals surface area contributed by atoms with E-state index in [9.17, 15) is 43.2 Å². The molecule has 1 aromatic rings. The maximum absolute atomic E-state index is 14.0. The van der Waals surface area contributed by atoms with Crippen LogP contribution in [0.1, 0.15) is 206 Å². The Labute approximate surface area is 779 Å². The van der Waals surface area contributed by atoms with Crippen LogP contribution in [0, 0.1) is 64.1 Å². The Hall–Kier alpha value is -6.27. The smallest absolute Gasteiger partial charge is 0.407 e.